The van der Waals surface area contributed by atoms with Gasteiger partial charge in [-0.3, -0.25) is 5.43 Å². The molecule has 3 aromatic carbocycles. The minimum atomic E-state index is 0.678. The first-order valence-corrected chi connectivity index (χ1v) is 9.50. The van der Waals surface area contributed by atoms with Crippen LogP contribution in [0.25, 0.3) is 22.3 Å². The van der Waals surface area contributed by atoms with E-state index in [1.807, 2.05) is 62.6 Å². The highest BCUT2D eigenvalue weighted by atomic mass is 15.3. The molecule has 0 amide bonds. The molecule has 0 radical (unpaired) electrons. The standard InChI is InChI=1S/C24H23N5/c1-17-8-12-19(13-9-17)23-26-22-7-5-4-6-21(22)24(27-23)28-25-16-18-10-14-20(15-11-18)29(2)3/h4-16H,1-3H3,(H,26,27,28). The van der Waals surface area contributed by atoms with Crippen molar-refractivity contribution in [1.82, 2.24) is 9.97 Å². The molecule has 144 valence electrons. The Morgan fingerprint density at radius 2 is 1.59 bits per heavy atom. The molecule has 0 aliphatic heterocycles. The molecule has 4 rings (SSSR count). The number of hydrogen-bond acceptors (Lipinski definition) is 5. The van der Waals surface area contributed by atoms with E-state index in [1.54, 1.807) is 6.21 Å². The largest absolute Gasteiger partial charge is 0.378 e. The highest BCUT2D eigenvalue weighted by Crippen LogP contribution is 2.25. The summed E-state index contributed by atoms with van der Waals surface area (Å²) < 4.78 is 0. The lowest BCUT2D eigenvalue weighted by Gasteiger charge is -2.11. The van der Waals surface area contributed by atoms with Crippen molar-refractivity contribution in [2.75, 3.05) is 24.4 Å². The van der Waals surface area contributed by atoms with Crippen LogP contribution in [-0.2, 0) is 0 Å². The van der Waals surface area contributed by atoms with Gasteiger partial charge < -0.3 is 4.90 Å². The molecule has 0 bridgehead atoms. The van der Waals surface area contributed by atoms with Crippen LogP contribution in [0.1, 0.15) is 11.1 Å². The van der Waals surface area contributed by atoms with Crippen molar-refractivity contribution < 1.29 is 0 Å². The molecule has 0 unspecified atom stereocenters. The van der Waals surface area contributed by atoms with Gasteiger partial charge in [0.25, 0.3) is 0 Å². The lowest BCUT2D eigenvalue weighted by atomic mass is 10.1. The molecular formula is C24H23N5. The number of nitrogens with zero attached hydrogens (tertiary/aromatic N) is 4. The van der Waals surface area contributed by atoms with Gasteiger partial charge in [-0.2, -0.15) is 5.10 Å². The van der Waals surface area contributed by atoms with Crippen molar-refractivity contribution in [2.24, 2.45) is 5.10 Å². The van der Waals surface area contributed by atoms with Gasteiger partial charge in [-0.1, -0.05) is 54.1 Å². The lowest BCUT2D eigenvalue weighted by molar-refractivity contribution is 1.13. The van der Waals surface area contributed by atoms with Crippen LogP contribution < -0.4 is 10.3 Å². The van der Waals surface area contributed by atoms with E-state index in [0.29, 0.717) is 11.6 Å². The SMILES string of the molecule is Cc1ccc(-c2nc(NN=Cc3ccc(N(C)C)cc3)c3ccccc3n2)cc1. The monoisotopic (exact) mass is 381 g/mol. The van der Waals surface area contributed by atoms with Gasteiger partial charge in [0.05, 0.1) is 11.7 Å². The predicted molar refractivity (Wildman–Crippen MR) is 122 cm³/mol. The first-order valence-electron chi connectivity index (χ1n) is 9.50. The van der Waals surface area contributed by atoms with Crippen LogP contribution in [0.2, 0.25) is 0 Å². The topological polar surface area (TPSA) is 53.4 Å². The maximum absolute atomic E-state index is 4.73. The first kappa shape index (κ1) is 18.6. The molecule has 29 heavy (non-hydrogen) atoms. The number of benzene rings is 3. The maximum Gasteiger partial charge on any atom is 0.162 e. The summed E-state index contributed by atoms with van der Waals surface area (Å²) in [5, 5.41) is 5.34. The minimum Gasteiger partial charge on any atom is -0.378 e. The van der Waals surface area contributed by atoms with Gasteiger partial charge in [0.15, 0.2) is 11.6 Å². The Hall–Kier alpha value is -3.73. The number of aryl methyl sites for hydroxylation is 1. The average molecular weight is 381 g/mol. The molecule has 1 aromatic heterocycles. The molecule has 1 heterocycles. The van der Waals surface area contributed by atoms with Gasteiger partial charge in [-0.05, 0) is 36.8 Å². The zero-order valence-corrected chi connectivity index (χ0v) is 16.8. The number of aromatic nitrogens is 2. The van der Waals surface area contributed by atoms with Gasteiger partial charge >= 0.3 is 0 Å². The predicted octanol–water partition coefficient (Wildman–Crippen LogP) is 5.12. The van der Waals surface area contributed by atoms with Crippen LogP contribution in [0.15, 0.2) is 77.9 Å². The molecule has 4 aromatic rings. The number of para-hydroxylation sites is 1. The van der Waals surface area contributed by atoms with E-state index in [1.165, 1.54) is 5.56 Å². The average Bonchev–Trinajstić information content (AvgIpc) is 2.74. The second-order valence-electron chi connectivity index (χ2n) is 7.13. The summed E-state index contributed by atoms with van der Waals surface area (Å²) in [7, 11) is 4.05. The van der Waals surface area contributed by atoms with E-state index < -0.39 is 0 Å². The van der Waals surface area contributed by atoms with E-state index >= 15 is 0 Å². The summed E-state index contributed by atoms with van der Waals surface area (Å²) in [5.41, 5.74) is 8.34. The summed E-state index contributed by atoms with van der Waals surface area (Å²) in [6.07, 6.45) is 1.79. The Morgan fingerprint density at radius 1 is 0.862 bits per heavy atom. The van der Waals surface area contributed by atoms with Crippen molar-refractivity contribution in [3.63, 3.8) is 0 Å². The fourth-order valence-corrected chi connectivity index (χ4v) is 3.02. The van der Waals surface area contributed by atoms with Crippen LogP contribution in [0.3, 0.4) is 0 Å². The van der Waals surface area contributed by atoms with E-state index in [4.69, 9.17) is 9.97 Å². The summed E-state index contributed by atoms with van der Waals surface area (Å²) in [5.74, 6) is 1.36. The van der Waals surface area contributed by atoms with Crippen LogP contribution in [0.5, 0.6) is 0 Å². The van der Waals surface area contributed by atoms with E-state index in [9.17, 15) is 0 Å². The molecule has 0 saturated carbocycles. The summed E-state index contributed by atoms with van der Waals surface area (Å²) in [6, 6.07) is 24.4. The lowest BCUT2D eigenvalue weighted by Crippen LogP contribution is -2.08. The fraction of sp³-hybridized carbons (Fsp3) is 0.125. The molecule has 1 N–H and O–H groups in total. The molecule has 0 saturated heterocycles. The van der Waals surface area contributed by atoms with Crippen LogP contribution in [-0.4, -0.2) is 30.3 Å². The molecule has 0 aliphatic rings. The zero-order chi connectivity index (χ0) is 20.2. The maximum atomic E-state index is 4.73. The van der Waals surface area contributed by atoms with Gasteiger partial charge in [-0.25, -0.2) is 9.97 Å². The smallest absolute Gasteiger partial charge is 0.162 e. The molecule has 0 atom stereocenters. The molecule has 0 aliphatic carbocycles. The second kappa shape index (κ2) is 8.10. The second-order valence-corrected chi connectivity index (χ2v) is 7.13. The van der Waals surface area contributed by atoms with Crippen LogP contribution in [0.4, 0.5) is 11.5 Å². The minimum absolute atomic E-state index is 0.678. The summed E-state index contributed by atoms with van der Waals surface area (Å²) in [6.45, 7) is 2.07. The Labute approximate surface area is 170 Å². The van der Waals surface area contributed by atoms with E-state index in [2.05, 4.69) is 46.6 Å². The number of hydrogen-bond donors (Lipinski definition) is 1. The number of hydrazone groups is 1. The normalized spacial score (nSPS) is 11.1. The number of anilines is 2. The third-order valence-corrected chi connectivity index (χ3v) is 4.71. The zero-order valence-electron chi connectivity index (χ0n) is 16.8. The fourth-order valence-electron chi connectivity index (χ4n) is 3.02. The van der Waals surface area contributed by atoms with Gasteiger partial charge in [0.2, 0.25) is 0 Å². The Bertz CT molecular complexity index is 1150. The van der Waals surface area contributed by atoms with Crippen molar-refractivity contribution in [3.05, 3.63) is 83.9 Å². The third kappa shape index (κ3) is 4.24. The quantitative estimate of drug-likeness (QED) is 0.385. The van der Waals surface area contributed by atoms with Crippen molar-refractivity contribution >= 4 is 28.6 Å². The van der Waals surface area contributed by atoms with Crippen molar-refractivity contribution in [1.29, 1.82) is 0 Å². The highest BCUT2D eigenvalue weighted by molar-refractivity contribution is 5.91. The van der Waals surface area contributed by atoms with Crippen molar-refractivity contribution in [3.8, 4) is 11.4 Å². The molecule has 5 nitrogen and oxygen atoms in total. The first-order chi connectivity index (χ1) is 14.1. The van der Waals surface area contributed by atoms with Gasteiger partial charge in [-0.15, -0.1) is 0 Å². The number of fused-ring (bicyclic) bond motifs is 1. The van der Waals surface area contributed by atoms with Crippen LogP contribution in [0, 0.1) is 6.92 Å². The number of nitrogens with one attached hydrogen (secondary N) is 1. The number of rotatable bonds is 5. The van der Waals surface area contributed by atoms with Crippen molar-refractivity contribution in [2.45, 2.75) is 6.92 Å². The molecule has 0 fully saturated rings. The Balaban J connectivity index is 1.64. The summed E-state index contributed by atoms with van der Waals surface area (Å²) >= 11 is 0. The van der Waals surface area contributed by atoms with Gasteiger partial charge in [0.1, 0.15) is 0 Å². The molecule has 0 spiro atoms. The van der Waals surface area contributed by atoms with E-state index in [0.717, 1.165) is 27.7 Å². The Morgan fingerprint density at radius 3 is 2.31 bits per heavy atom. The third-order valence-electron chi connectivity index (χ3n) is 4.71. The molecular weight excluding hydrogens is 358 g/mol. The molecule has 5 heteroatoms. The van der Waals surface area contributed by atoms with E-state index in [-0.39, 0.29) is 0 Å². The Kier molecular flexibility index (Phi) is 5.20. The summed E-state index contributed by atoms with van der Waals surface area (Å²) in [4.78, 5) is 11.5. The highest BCUT2D eigenvalue weighted by Gasteiger charge is 2.08. The van der Waals surface area contributed by atoms with Crippen LogP contribution >= 0.6 is 0 Å². The van der Waals surface area contributed by atoms with Gasteiger partial charge in [0, 0.05) is 30.7 Å².